The maximum Gasteiger partial charge on any atom is 0.261 e. The van der Waals surface area contributed by atoms with Gasteiger partial charge in [-0.25, -0.2) is 0 Å². The largest absolute Gasteiger partial charge is 0.481 e. The number of amides is 1. The lowest BCUT2D eigenvalue weighted by molar-refractivity contribution is -0.127. The van der Waals surface area contributed by atoms with Gasteiger partial charge in [0.25, 0.3) is 5.91 Å². The van der Waals surface area contributed by atoms with Crippen LogP contribution in [0.15, 0.2) is 60.7 Å². The van der Waals surface area contributed by atoms with Crippen LogP contribution in [-0.2, 0) is 11.3 Å². The summed E-state index contributed by atoms with van der Waals surface area (Å²) in [5, 5.41) is 2.86. The molecule has 0 unspecified atom stereocenters. The molecule has 0 spiro atoms. The summed E-state index contributed by atoms with van der Waals surface area (Å²) >= 11 is 0. The first-order valence-corrected chi connectivity index (χ1v) is 6.29. The normalized spacial score (nSPS) is 11.6. The number of hydrogen-bond donors (Lipinski definition) is 1. The van der Waals surface area contributed by atoms with Gasteiger partial charge in [0.15, 0.2) is 6.10 Å². The first-order chi connectivity index (χ1) is 9.25. The Morgan fingerprint density at radius 1 is 1.05 bits per heavy atom. The summed E-state index contributed by atoms with van der Waals surface area (Å²) < 4.78 is 5.55. The third-order valence-electron chi connectivity index (χ3n) is 2.73. The van der Waals surface area contributed by atoms with Crippen molar-refractivity contribution in [2.24, 2.45) is 0 Å². The number of rotatable bonds is 5. The maximum absolute atomic E-state index is 11.9. The summed E-state index contributed by atoms with van der Waals surface area (Å²) in [5.41, 5.74) is 1.07. The van der Waals surface area contributed by atoms with Crippen molar-refractivity contribution in [2.45, 2.75) is 19.6 Å². The van der Waals surface area contributed by atoms with Gasteiger partial charge < -0.3 is 10.1 Å². The van der Waals surface area contributed by atoms with Crippen LogP contribution in [0.3, 0.4) is 0 Å². The van der Waals surface area contributed by atoms with Gasteiger partial charge >= 0.3 is 0 Å². The molecule has 1 atom stereocenters. The Hall–Kier alpha value is -2.29. The van der Waals surface area contributed by atoms with E-state index >= 15 is 0 Å². The molecular formula is C16H17NO2. The summed E-state index contributed by atoms with van der Waals surface area (Å²) in [7, 11) is 0. The zero-order chi connectivity index (χ0) is 13.5. The number of carbonyl (C=O) groups is 1. The Kier molecular flexibility index (Phi) is 4.56. The lowest BCUT2D eigenvalue weighted by Crippen LogP contribution is -2.35. The Labute approximate surface area is 113 Å². The van der Waals surface area contributed by atoms with Crippen LogP contribution in [0.25, 0.3) is 0 Å². The number of nitrogens with one attached hydrogen (secondary N) is 1. The molecule has 3 heteroatoms. The van der Waals surface area contributed by atoms with Crippen molar-refractivity contribution in [3.8, 4) is 5.75 Å². The van der Waals surface area contributed by atoms with Crippen LogP contribution >= 0.6 is 0 Å². The molecule has 2 aromatic rings. The average Bonchev–Trinajstić information content (AvgIpc) is 2.47. The highest BCUT2D eigenvalue weighted by Crippen LogP contribution is 2.10. The smallest absolute Gasteiger partial charge is 0.261 e. The predicted molar refractivity (Wildman–Crippen MR) is 74.8 cm³/mol. The third kappa shape index (κ3) is 4.14. The third-order valence-corrected chi connectivity index (χ3v) is 2.73. The lowest BCUT2D eigenvalue weighted by atomic mass is 10.2. The van der Waals surface area contributed by atoms with Crippen LogP contribution in [0, 0.1) is 0 Å². The van der Waals surface area contributed by atoms with E-state index in [2.05, 4.69) is 5.32 Å². The number of ether oxygens (including phenoxy) is 1. The van der Waals surface area contributed by atoms with E-state index in [4.69, 9.17) is 4.74 Å². The summed E-state index contributed by atoms with van der Waals surface area (Å²) in [5.74, 6) is 0.581. The highest BCUT2D eigenvalue weighted by atomic mass is 16.5. The molecule has 19 heavy (non-hydrogen) atoms. The predicted octanol–water partition coefficient (Wildman–Crippen LogP) is 2.77. The molecule has 1 amide bonds. The van der Waals surface area contributed by atoms with Gasteiger partial charge in [0, 0.05) is 6.54 Å². The van der Waals surface area contributed by atoms with Crippen molar-refractivity contribution in [3.05, 3.63) is 66.2 Å². The van der Waals surface area contributed by atoms with E-state index in [1.165, 1.54) is 0 Å². The molecule has 0 radical (unpaired) electrons. The minimum Gasteiger partial charge on any atom is -0.481 e. The van der Waals surface area contributed by atoms with Gasteiger partial charge in [0.2, 0.25) is 0 Å². The van der Waals surface area contributed by atoms with Gasteiger partial charge in [-0.1, -0.05) is 48.5 Å². The monoisotopic (exact) mass is 255 g/mol. The van der Waals surface area contributed by atoms with Crippen LogP contribution < -0.4 is 10.1 Å². The van der Waals surface area contributed by atoms with E-state index in [9.17, 15) is 4.79 Å². The van der Waals surface area contributed by atoms with Crippen LogP contribution in [0.5, 0.6) is 5.75 Å². The van der Waals surface area contributed by atoms with Crippen LogP contribution in [0.1, 0.15) is 12.5 Å². The fourth-order valence-electron chi connectivity index (χ4n) is 1.69. The molecule has 0 saturated carbocycles. The Bertz CT molecular complexity index is 511. The molecule has 98 valence electrons. The Balaban J connectivity index is 1.83. The first kappa shape index (κ1) is 13.1. The average molecular weight is 255 g/mol. The van der Waals surface area contributed by atoms with Gasteiger partial charge in [-0.05, 0) is 24.6 Å². The minimum atomic E-state index is -0.508. The van der Waals surface area contributed by atoms with E-state index in [0.717, 1.165) is 5.56 Å². The van der Waals surface area contributed by atoms with Crippen molar-refractivity contribution < 1.29 is 9.53 Å². The van der Waals surface area contributed by atoms with E-state index in [1.54, 1.807) is 6.92 Å². The molecule has 0 aliphatic heterocycles. The fourth-order valence-corrected chi connectivity index (χ4v) is 1.69. The first-order valence-electron chi connectivity index (χ1n) is 6.29. The minimum absolute atomic E-state index is 0.118. The van der Waals surface area contributed by atoms with Crippen LogP contribution in [0.2, 0.25) is 0 Å². The van der Waals surface area contributed by atoms with Gasteiger partial charge in [0.05, 0.1) is 0 Å². The van der Waals surface area contributed by atoms with Crippen LogP contribution in [0.4, 0.5) is 0 Å². The van der Waals surface area contributed by atoms with Gasteiger partial charge in [-0.3, -0.25) is 4.79 Å². The molecule has 1 N–H and O–H groups in total. The van der Waals surface area contributed by atoms with E-state index < -0.39 is 6.10 Å². The molecule has 0 aromatic heterocycles. The number of benzene rings is 2. The second kappa shape index (κ2) is 6.59. The molecule has 2 rings (SSSR count). The van der Waals surface area contributed by atoms with Crippen molar-refractivity contribution in [1.82, 2.24) is 5.32 Å². The standard InChI is InChI=1S/C16H17NO2/c1-13(19-15-10-6-3-7-11-15)16(18)17-12-14-8-4-2-5-9-14/h2-11,13H,12H2,1H3,(H,17,18)/t13-/m1/s1. The second-order valence-corrected chi connectivity index (χ2v) is 4.28. The molecule has 0 saturated heterocycles. The summed E-state index contributed by atoms with van der Waals surface area (Å²) in [4.78, 5) is 11.9. The van der Waals surface area contributed by atoms with Crippen LogP contribution in [-0.4, -0.2) is 12.0 Å². The summed E-state index contributed by atoms with van der Waals surface area (Å²) in [6, 6.07) is 19.1. The van der Waals surface area contributed by atoms with E-state index in [1.807, 2.05) is 60.7 Å². The second-order valence-electron chi connectivity index (χ2n) is 4.28. The van der Waals surface area contributed by atoms with E-state index in [0.29, 0.717) is 12.3 Å². The molecule has 3 nitrogen and oxygen atoms in total. The number of para-hydroxylation sites is 1. The molecule has 0 fully saturated rings. The highest BCUT2D eigenvalue weighted by Gasteiger charge is 2.13. The zero-order valence-electron chi connectivity index (χ0n) is 10.9. The lowest BCUT2D eigenvalue weighted by Gasteiger charge is -2.14. The Morgan fingerprint density at radius 2 is 1.63 bits per heavy atom. The van der Waals surface area contributed by atoms with Crippen molar-refractivity contribution in [1.29, 1.82) is 0 Å². The van der Waals surface area contributed by atoms with Crippen molar-refractivity contribution in [2.75, 3.05) is 0 Å². The highest BCUT2D eigenvalue weighted by molar-refractivity contribution is 5.80. The molecule has 0 aliphatic carbocycles. The summed E-state index contributed by atoms with van der Waals surface area (Å²) in [6.45, 7) is 2.26. The molecule has 0 bridgehead atoms. The number of hydrogen-bond acceptors (Lipinski definition) is 2. The molecule has 0 heterocycles. The molecule has 0 aliphatic rings. The number of carbonyl (C=O) groups excluding carboxylic acids is 1. The quantitative estimate of drug-likeness (QED) is 0.892. The zero-order valence-corrected chi connectivity index (χ0v) is 10.9. The van der Waals surface area contributed by atoms with Crippen molar-refractivity contribution >= 4 is 5.91 Å². The van der Waals surface area contributed by atoms with Gasteiger partial charge in [-0.2, -0.15) is 0 Å². The maximum atomic E-state index is 11.9. The van der Waals surface area contributed by atoms with Gasteiger partial charge in [-0.15, -0.1) is 0 Å². The topological polar surface area (TPSA) is 38.3 Å². The Morgan fingerprint density at radius 3 is 2.26 bits per heavy atom. The molecular weight excluding hydrogens is 238 g/mol. The fraction of sp³-hybridized carbons (Fsp3) is 0.188. The van der Waals surface area contributed by atoms with Crippen molar-refractivity contribution in [3.63, 3.8) is 0 Å². The SMILES string of the molecule is C[C@@H](Oc1ccccc1)C(=O)NCc1ccccc1. The van der Waals surface area contributed by atoms with Gasteiger partial charge in [0.1, 0.15) is 5.75 Å². The molecule has 2 aromatic carbocycles. The van der Waals surface area contributed by atoms with E-state index in [-0.39, 0.29) is 5.91 Å². The summed E-state index contributed by atoms with van der Waals surface area (Å²) in [6.07, 6.45) is -0.508.